The highest BCUT2D eigenvalue weighted by atomic mass is 16.3. The first-order valence-electron chi connectivity index (χ1n) is 4.36. The van der Waals surface area contributed by atoms with Crippen LogP contribution in [0.25, 0.3) is 0 Å². The van der Waals surface area contributed by atoms with Gasteiger partial charge in [0, 0.05) is 18.8 Å². The number of aliphatic hydroxyl groups excluding tert-OH is 1. The Hall–Kier alpha value is -1.33. The Morgan fingerprint density at radius 2 is 2.46 bits per heavy atom. The Morgan fingerprint density at radius 1 is 1.62 bits per heavy atom. The summed E-state index contributed by atoms with van der Waals surface area (Å²) >= 11 is 0. The molecule has 0 spiro atoms. The summed E-state index contributed by atoms with van der Waals surface area (Å²) in [6.45, 7) is 0. The molecule has 1 unspecified atom stereocenters. The number of unbranched alkanes of at least 4 members (excludes halogenated alkanes) is 1. The van der Waals surface area contributed by atoms with Crippen molar-refractivity contribution in [2.75, 3.05) is 0 Å². The lowest BCUT2D eigenvalue weighted by Gasteiger charge is -2.08. The number of pyridine rings is 1. The molecule has 1 aromatic heterocycles. The van der Waals surface area contributed by atoms with E-state index in [0.717, 1.165) is 18.4 Å². The van der Waals surface area contributed by atoms with E-state index in [1.54, 1.807) is 12.4 Å². The van der Waals surface area contributed by atoms with Crippen LogP contribution < -0.4 is 0 Å². The smallest absolute Gasteiger partial charge is 0.0805 e. The van der Waals surface area contributed by atoms with Crippen molar-refractivity contribution in [3.8, 4) is 12.3 Å². The molecule has 1 N–H and O–H groups in total. The van der Waals surface area contributed by atoms with Gasteiger partial charge in [0.1, 0.15) is 0 Å². The molecule has 13 heavy (non-hydrogen) atoms. The van der Waals surface area contributed by atoms with Crippen LogP contribution in [0.4, 0.5) is 0 Å². The average Bonchev–Trinajstić information content (AvgIpc) is 2.19. The van der Waals surface area contributed by atoms with E-state index in [9.17, 15) is 5.11 Å². The molecule has 2 nitrogen and oxygen atoms in total. The summed E-state index contributed by atoms with van der Waals surface area (Å²) < 4.78 is 0. The summed E-state index contributed by atoms with van der Waals surface area (Å²) in [6.07, 6.45) is 10.3. The molecule has 1 aromatic rings. The summed E-state index contributed by atoms with van der Waals surface area (Å²) in [6, 6.07) is 3.69. The highest BCUT2D eigenvalue weighted by Crippen LogP contribution is 2.17. The quantitative estimate of drug-likeness (QED) is 0.560. The van der Waals surface area contributed by atoms with Crippen LogP contribution in [-0.2, 0) is 0 Å². The first-order valence-corrected chi connectivity index (χ1v) is 4.36. The fraction of sp³-hybridized carbons (Fsp3) is 0.364. The summed E-state index contributed by atoms with van der Waals surface area (Å²) in [5.41, 5.74) is 0.861. The second-order valence-corrected chi connectivity index (χ2v) is 2.90. The van der Waals surface area contributed by atoms with Gasteiger partial charge >= 0.3 is 0 Å². The fourth-order valence-electron chi connectivity index (χ4n) is 1.14. The number of aliphatic hydroxyl groups is 1. The maximum Gasteiger partial charge on any atom is 0.0805 e. The van der Waals surface area contributed by atoms with E-state index >= 15 is 0 Å². The van der Waals surface area contributed by atoms with Crippen molar-refractivity contribution in [1.29, 1.82) is 0 Å². The zero-order chi connectivity index (χ0) is 9.52. The zero-order valence-corrected chi connectivity index (χ0v) is 7.48. The van der Waals surface area contributed by atoms with Gasteiger partial charge in [0.15, 0.2) is 0 Å². The van der Waals surface area contributed by atoms with Gasteiger partial charge < -0.3 is 5.11 Å². The third kappa shape index (κ3) is 3.27. The van der Waals surface area contributed by atoms with Crippen molar-refractivity contribution in [3.63, 3.8) is 0 Å². The molecule has 0 saturated heterocycles. The van der Waals surface area contributed by atoms with E-state index in [-0.39, 0.29) is 0 Å². The number of aromatic nitrogens is 1. The molecule has 0 amide bonds. The van der Waals surface area contributed by atoms with Crippen LogP contribution >= 0.6 is 0 Å². The van der Waals surface area contributed by atoms with Crippen LogP contribution in [0.5, 0.6) is 0 Å². The molecule has 0 bridgehead atoms. The van der Waals surface area contributed by atoms with Crippen LogP contribution in [0.2, 0.25) is 0 Å². The summed E-state index contributed by atoms with van der Waals surface area (Å²) in [5.74, 6) is 2.55. The predicted molar refractivity (Wildman–Crippen MR) is 51.9 cm³/mol. The molecule has 0 aliphatic rings. The predicted octanol–water partition coefficient (Wildman–Crippen LogP) is 1.92. The minimum atomic E-state index is -0.429. The van der Waals surface area contributed by atoms with Gasteiger partial charge in [0.25, 0.3) is 0 Å². The van der Waals surface area contributed by atoms with Gasteiger partial charge in [-0.3, -0.25) is 4.98 Å². The van der Waals surface area contributed by atoms with Crippen LogP contribution in [0.3, 0.4) is 0 Å². The first-order chi connectivity index (χ1) is 6.34. The maximum absolute atomic E-state index is 9.64. The molecule has 1 atom stereocenters. The van der Waals surface area contributed by atoms with E-state index < -0.39 is 6.10 Å². The number of hydrogen-bond acceptors (Lipinski definition) is 2. The SMILES string of the molecule is C#CCCCC(O)c1cccnc1. The van der Waals surface area contributed by atoms with Crippen molar-refractivity contribution in [1.82, 2.24) is 4.98 Å². The summed E-state index contributed by atoms with van der Waals surface area (Å²) in [5, 5.41) is 9.64. The largest absolute Gasteiger partial charge is 0.388 e. The molecule has 2 heteroatoms. The molecule has 1 heterocycles. The van der Waals surface area contributed by atoms with Crippen LogP contribution in [-0.4, -0.2) is 10.1 Å². The van der Waals surface area contributed by atoms with E-state index in [2.05, 4.69) is 10.9 Å². The Morgan fingerprint density at radius 3 is 3.08 bits per heavy atom. The van der Waals surface area contributed by atoms with Crippen molar-refractivity contribution in [2.24, 2.45) is 0 Å². The number of rotatable bonds is 4. The number of terminal acetylenes is 1. The zero-order valence-electron chi connectivity index (χ0n) is 7.48. The Bertz CT molecular complexity index is 276. The monoisotopic (exact) mass is 175 g/mol. The second kappa shape index (κ2) is 5.34. The van der Waals surface area contributed by atoms with Crippen LogP contribution in [0, 0.1) is 12.3 Å². The van der Waals surface area contributed by atoms with E-state index in [0.29, 0.717) is 6.42 Å². The van der Waals surface area contributed by atoms with Gasteiger partial charge in [-0.25, -0.2) is 0 Å². The Balaban J connectivity index is 2.41. The van der Waals surface area contributed by atoms with Gasteiger partial charge in [-0.2, -0.15) is 0 Å². The fourth-order valence-corrected chi connectivity index (χ4v) is 1.14. The van der Waals surface area contributed by atoms with E-state index in [1.165, 1.54) is 0 Å². The number of nitrogens with zero attached hydrogens (tertiary/aromatic N) is 1. The van der Waals surface area contributed by atoms with Crippen molar-refractivity contribution < 1.29 is 5.11 Å². The number of hydrogen-bond donors (Lipinski definition) is 1. The summed E-state index contributed by atoms with van der Waals surface area (Å²) in [4.78, 5) is 3.93. The van der Waals surface area contributed by atoms with Gasteiger partial charge in [0.2, 0.25) is 0 Å². The molecule has 0 fully saturated rings. The third-order valence-electron chi connectivity index (χ3n) is 1.87. The molecule has 0 radical (unpaired) electrons. The highest BCUT2D eigenvalue weighted by molar-refractivity contribution is 5.11. The maximum atomic E-state index is 9.64. The van der Waals surface area contributed by atoms with E-state index in [1.807, 2.05) is 12.1 Å². The van der Waals surface area contributed by atoms with Gasteiger partial charge in [-0.05, 0) is 24.5 Å². The Kier molecular flexibility index (Phi) is 4.01. The second-order valence-electron chi connectivity index (χ2n) is 2.90. The molecular weight excluding hydrogens is 162 g/mol. The molecule has 68 valence electrons. The van der Waals surface area contributed by atoms with Crippen LogP contribution in [0.1, 0.15) is 30.9 Å². The third-order valence-corrected chi connectivity index (χ3v) is 1.87. The standard InChI is InChI=1S/C11H13NO/c1-2-3-4-7-11(13)10-6-5-8-12-9-10/h1,5-6,8-9,11,13H,3-4,7H2. The van der Waals surface area contributed by atoms with E-state index in [4.69, 9.17) is 6.42 Å². The lowest BCUT2D eigenvalue weighted by molar-refractivity contribution is 0.165. The topological polar surface area (TPSA) is 33.1 Å². The average molecular weight is 175 g/mol. The van der Waals surface area contributed by atoms with Crippen molar-refractivity contribution >= 4 is 0 Å². The molecular formula is C11H13NO. The Labute approximate surface area is 78.6 Å². The molecule has 1 rings (SSSR count). The van der Waals surface area contributed by atoms with Gasteiger partial charge in [-0.1, -0.05) is 6.07 Å². The lowest BCUT2D eigenvalue weighted by atomic mass is 10.1. The molecule has 0 aliphatic heterocycles. The minimum absolute atomic E-state index is 0.429. The first kappa shape index (κ1) is 9.76. The summed E-state index contributed by atoms with van der Waals surface area (Å²) in [7, 11) is 0. The van der Waals surface area contributed by atoms with Gasteiger partial charge in [0.05, 0.1) is 6.10 Å². The minimum Gasteiger partial charge on any atom is -0.388 e. The molecule has 0 aromatic carbocycles. The molecule has 0 saturated carbocycles. The van der Waals surface area contributed by atoms with Crippen molar-refractivity contribution in [2.45, 2.75) is 25.4 Å². The molecule has 0 aliphatic carbocycles. The van der Waals surface area contributed by atoms with Gasteiger partial charge in [-0.15, -0.1) is 12.3 Å². The lowest BCUT2D eigenvalue weighted by Crippen LogP contribution is -1.97. The normalized spacial score (nSPS) is 12.0. The van der Waals surface area contributed by atoms with Crippen molar-refractivity contribution in [3.05, 3.63) is 30.1 Å². The highest BCUT2D eigenvalue weighted by Gasteiger charge is 2.05. The van der Waals surface area contributed by atoms with Crippen LogP contribution in [0.15, 0.2) is 24.5 Å².